The molecule has 3 N–H and O–H groups in total. The van der Waals surface area contributed by atoms with E-state index in [1.807, 2.05) is 26.8 Å². The van der Waals surface area contributed by atoms with Crippen molar-refractivity contribution in [3.05, 3.63) is 12.7 Å². The molecule has 2 rings (SSSR count). The first kappa shape index (κ1) is 16.0. The van der Waals surface area contributed by atoms with Crippen LogP contribution in [-0.4, -0.2) is 41.4 Å². The lowest BCUT2D eigenvalue weighted by Gasteiger charge is -2.32. The Bertz CT molecular complexity index is 441. The monoisotopic (exact) mass is 293 g/mol. The highest BCUT2D eigenvalue weighted by Crippen LogP contribution is 2.32. The number of rotatable bonds is 4. The molecule has 4 atom stereocenters. The lowest BCUT2D eigenvalue weighted by atomic mass is 9.86. The molecule has 1 saturated heterocycles. The van der Waals surface area contributed by atoms with Gasteiger partial charge in [0.2, 0.25) is 11.8 Å². The van der Waals surface area contributed by atoms with Crippen LogP contribution >= 0.6 is 0 Å². The van der Waals surface area contributed by atoms with Crippen LogP contribution in [0.3, 0.4) is 0 Å². The van der Waals surface area contributed by atoms with Crippen molar-refractivity contribution < 1.29 is 9.59 Å². The fourth-order valence-corrected chi connectivity index (χ4v) is 2.77. The van der Waals surface area contributed by atoms with Crippen molar-refractivity contribution in [3.8, 4) is 0 Å². The zero-order chi connectivity index (χ0) is 15.8. The normalized spacial score (nSPS) is 29.9. The maximum Gasteiger partial charge on any atom is 0.243 e. The van der Waals surface area contributed by atoms with Gasteiger partial charge in [0.1, 0.15) is 6.04 Å². The number of hydrogen-bond acceptors (Lipinski definition) is 3. The third-order valence-corrected chi connectivity index (χ3v) is 4.51. The van der Waals surface area contributed by atoms with Crippen LogP contribution in [0.25, 0.3) is 0 Å². The van der Waals surface area contributed by atoms with Crippen LogP contribution in [0.5, 0.6) is 0 Å². The summed E-state index contributed by atoms with van der Waals surface area (Å²) in [4.78, 5) is 26.6. The highest BCUT2D eigenvalue weighted by atomic mass is 16.2. The molecule has 0 radical (unpaired) electrons. The number of carbonyl (C=O) groups is 2. The van der Waals surface area contributed by atoms with E-state index >= 15 is 0 Å². The largest absolute Gasteiger partial charge is 0.351 e. The average Bonchev–Trinajstić information content (AvgIpc) is 2.97. The van der Waals surface area contributed by atoms with Crippen molar-refractivity contribution in [3.63, 3.8) is 0 Å². The molecule has 118 valence electrons. The Morgan fingerprint density at radius 2 is 2.10 bits per heavy atom. The Morgan fingerprint density at radius 3 is 2.62 bits per heavy atom. The second kappa shape index (κ2) is 5.79. The molecule has 2 aliphatic rings. The standard InChI is InChI=1S/C16H27N3O2/c1-5-10-9-11(10)18-14(20)12-7-6-8-19(12)15(21)13(17)16(2,3)4/h5,10-13H,1,6-9,17H2,2-4H3,(H,18,20). The fourth-order valence-electron chi connectivity index (χ4n) is 2.77. The summed E-state index contributed by atoms with van der Waals surface area (Å²) in [6, 6.07) is -0.742. The zero-order valence-electron chi connectivity index (χ0n) is 13.3. The van der Waals surface area contributed by atoms with Gasteiger partial charge in [-0.1, -0.05) is 26.8 Å². The molecule has 21 heavy (non-hydrogen) atoms. The van der Waals surface area contributed by atoms with Crippen molar-refractivity contribution in [1.82, 2.24) is 10.2 Å². The van der Waals surface area contributed by atoms with E-state index < -0.39 is 6.04 Å². The van der Waals surface area contributed by atoms with Crippen LogP contribution in [0, 0.1) is 11.3 Å². The highest BCUT2D eigenvalue weighted by Gasteiger charge is 2.42. The van der Waals surface area contributed by atoms with Crippen molar-refractivity contribution in [2.75, 3.05) is 6.54 Å². The third-order valence-electron chi connectivity index (χ3n) is 4.51. The molecule has 0 aromatic heterocycles. The van der Waals surface area contributed by atoms with Crippen LogP contribution in [0.4, 0.5) is 0 Å². The number of likely N-dealkylation sites (tertiary alicyclic amines) is 1. The number of hydrogen-bond donors (Lipinski definition) is 2. The predicted octanol–water partition coefficient (Wildman–Crippen LogP) is 1.04. The van der Waals surface area contributed by atoms with Crippen molar-refractivity contribution in [1.29, 1.82) is 0 Å². The van der Waals surface area contributed by atoms with Gasteiger partial charge in [0.05, 0.1) is 6.04 Å². The molecular formula is C16H27N3O2. The Hall–Kier alpha value is -1.36. The molecule has 1 aliphatic carbocycles. The molecule has 4 unspecified atom stereocenters. The van der Waals surface area contributed by atoms with E-state index in [9.17, 15) is 9.59 Å². The number of nitrogens with one attached hydrogen (secondary N) is 1. The highest BCUT2D eigenvalue weighted by molar-refractivity contribution is 5.90. The van der Waals surface area contributed by atoms with Gasteiger partial charge in [0, 0.05) is 12.6 Å². The first-order valence-electron chi connectivity index (χ1n) is 7.74. The van der Waals surface area contributed by atoms with Gasteiger partial charge in [0.15, 0.2) is 0 Å². The fraction of sp³-hybridized carbons (Fsp3) is 0.750. The molecular weight excluding hydrogens is 266 g/mol. The van der Waals surface area contributed by atoms with Gasteiger partial charge in [0.25, 0.3) is 0 Å². The molecule has 0 aromatic carbocycles. The summed E-state index contributed by atoms with van der Waals surface area (Å²) in [5, 5.41) is 3.01. The van der Waals surface area contributed by atoms with Gasteiger partial charge < -0.3 is 16.0 Å². The Labute approximate surface area is 126 Å². The molecule has 0 aromatic rings. The van der Waals surface area contributed by atoms with E-state index in [2.05, 4.69) is 11.9 Å². The molecule has 0 bridgehead atoms. The quantitative estimate of drug-likeness (QED) is 0.761. The minimum absolute atomic E-state index is 0.0451. The van der Waals surface area contributed by atoms with Crippen molar-refractivity contribution >= 4 is 11.8 Å². The Balaban J connectivity index is 1.98. The number of amides is 2. The average molecular weight is 293 g/mol. The molecule has 5 heteroatoms. The van der Waals surface area contributed by atoms with Gasteiger partial charge in [-0.2, -0.15) is 0 Å². The molecule has 1 heterocycles. The first-order valence-corrected chi connectivity index (χ1v) is 7.74. The summed E-state index contributed by atoms with van der Waals surface area (Å²) in [5.41, 5.74) is 5.76. The van der Waals surface area contributed by atoms with E-state index in [-0.39, 0.29) is 29.3 Å². The van der Waals surface area contributed by atoms with Crippen LogP contribution < -0.4 is 11.1 Å². The van der Waals surface area contributed by atoms with E-state index in [1.54, 1.807) is 4.90 Å². The second-order valence-corrected chi connectivity index (χ2v) is 7.28. The molecule has 2 amide bonds. The summed E-state index contributed by atoms with van der Waals surface area (Å²) < 4.78 is 0. The van der Waals surface area contributed by atoms with Crippen molar-refractivity contribution in [2.24, 2.45) is 17.1 Å². The van der Waals surface area contributed by atoms with Crippen molar-refractivity contribution in [2.45, 2.75) is 58.2 Å². The number of carbonyl (C=O) groups excluding carboxylic acids is 2. The van der Waals surface area contributed by atoms with E-state index in [1.165, 1.54) is 0 Å². The van der Waals surface area contributed by atoms with Crippen LogP contribution in [-0.2, 0) is 9.59 Å². The lowest BCUT2D eigenvalue weighted by molar-refractivity contribution is -0.141. The van der Waals surface area contributed by atoms with Crippen LogP contribution in [0.1, 0.15) is 40.0 Å². The van der Waals surface area contributed by atoms with Gasteiger partial charge in [-0.15, -0.1) is 6.58 Å². The third kappa shape index (κ3) is 3.46. The predicted molar refractivity (Wildman–Crippen MR) is 82.4 cm³/mol. The van der Waals surface area contributed by atoms with E-state index in [4.69, 9.17) is 5.73 Å². The van der Waals surface area contributed by atoms with Crippen LogP contribution in [0.2, 0.25) is 0 Å². The molecule has 2 fully saturated rings. The molecule has 0 spiro atoms. The second-order valence-electron chi connectivity index (χ2n) is 7.28. The van der Waals surface area contributed by atoms with Gasteiger partial charge in [-0.3, -0.25) is 9.59 Å². The Kier molecular flexibility index (Phi) is 4.42. The summed E-state index contributed by atoms with van der Waals surface area (Å²) in [7, 11) is 0. The molecule has 1 aliphatic heterocycles. The summed E-state index contributed by atoms with van der Waals surface area (Å²) in [6.45, 7) is 10.2. The summed E-state index contributed by atoms with van der Waals surface area (Å²) >= 11 is 0. The number of nitrogens with two attached hydrogens (primary N) is 1. The smallest absolute Gasteiger partial charge is 0.243 e. The summed E-state index contributed by atoms with van der Waals surface area (Å²) in [5.74, 6) is 0.226. The topological polar surface area (TPSA) is 75.4 Å². The zero-order valence-corrected chi connectivity index (χ0v) is 13.3. The van der Waals surface area contributed by atoms with Crippen LogP contribution in [0.15, 0.2) is 12.7 Å². The SMILES string of the molecule is C=CC1CC1NC(=O)C1CCCN1C(=O)C(N)C(C)(C)C. The molecule has 5 nitrogen and oxygen atoms in total. The number of nitrogens with zero attached hydrogens (tertiary/aromatic N) is 1. The minimum atomic E-state index is -0.576. The molecule has 1 saturated carbocycles. The minimum Gasteiger partial charge on any atom is -0.351 e. The summed E-state index contributed by atoms with van der Waals surface area (Å²) in [6.07, 6.45) is 4.41. The first-order chi connectivity index (χ1) is 9.75. The Morgan fingerprint density at radius 1 is 1.43 bits per heavy atom. The van der Waals surface area contributed by atoms with Gasteiger partial charge in [-0.25, -0.2) is 0 Å². The lowest BCUT2D eigenvalue weighted by Crippen LogP contribution is -2.55. The van der Waals surface area contributed by atoms with E-state index in [0.717, 1.165) is 19.3 Å². The van der Waals surface area contributed by atoms with Gasteiger partial charge >= 0.3 is 0 Å². The maximum absolute atomic E-state index is 12.5. The maximum atomic E-state index is 12.5. The van der Waals surface area contributed by atoms with Gasteiger partial charge in [-0.05, 0) is 30.6 Å². The van der Waals surface area contributed by atoms with E-state index in [0.29, 0.717) is 12.5 Å².